The van der Waals surface area contributed by atoms with E-state index in [1.165, 1.54) is 14.1 Å². The van der Waals surface area contributed by atoms with Gasteiger partial charge in [-0.1, -0.05) is 29.8 Å². The van der Waals surface area contributed by atoms with E-state index < -0.39 is 32.2 Å². The highest BCUT2D eigenvalue weighted by atomic mass is 32.2. The van der Waals surface area contributed by atoms with Gasteiger partial charge in [0.05, 0.1) is 19.3 Å². The number of ether oxygens (including phenoxy) is 1. The van der Waals surface area contributed by atoms with Crippen molar-refractivity contribution in [1.82, 2.24) is 18.8 Å². The lowest BCUT2D eigenvalue weighted by molar-refractivity contribution is 0.0345. The minimum atomic E-state index is -4.16. The van der Waals surface area contributed by atoms with Crippen LogP contribution in [0.1, 0.15) is 17.2 Å². The van der Waals surface area contributed by atoms with E-state index in [0.717, 1.165) is 26.5 Å². The van der Waals surface area contributed by atoms with E-state index in [1.807, 2.05) is 31.2 Å². The van der Waals surface area contributed by atoms with Gasteiger partial charge in [-0.2, -0.15) is 0 Å². The Hall–Kier alpha value is -2.27. The van der Waals surface area contributed by atoms with Gasteiger partial charge in [-0.15, -0.1) is 0 Å². The number of rotatable bonds is 6. The molecule has 0 bridgehead atoms. The average molecular weight is 423 g/mol. The molecule has 0 saturated carbocycles. The van der Waals surface area contributed by atoms with Crippen molar-refractivity contribution in [2.45, 2.75) is 17.9 Å². The number of hydrogen-bond acceptors (Lipinski definition) is 6. The summed E-state index contributed by atoms with van der Waals surface area (Å²) in [6, 6.07) is 7.03. The first kappa shape index (κ1) is 21.4. The van der Waals surface area contributed by atoms with Crippen LogP contribution < -0.4 is 16.0 Å². The average Bonchev–Trinajstić information content (AvgIpc) is 2.69. The summed E-state index contributed by atoms with van der Waals surface area (Å²) in [4.78, 5) is 26.0. The summed E-state index contributed by atoms with van der Waals surface area (Å²) in [7, 11) is -1.49. The Morgan fingerprint density at radius 3 is 2.34 bits per heavy atom. The summed E-state index contributed by atoms with van der Waals surface area (Å²) >= 11 is 0. The summed E-state index contributed by atoms with van der Waals surface area (Å²) in [6.07, 6.45) is 1.06. The van der Waals surface area contributed by atoms with Crippen LogP contribution >= 0.6 is 0 Å². The van der Waals surface area contributed by atoms with E-state index in [4.69, 9.17) is 4.74 Å². The lowest BCUT2D eigenvalue weighted by Crippen LogP contribution is -2.45. The number of aryl methyl sites for hydroxylation is 2. The fraction of sp³-hybridized carbons (Fsp3) is 0.474. The molecule has 1 fully saturated rings. The normalized spacial score (nSPS) is 16.7. The second-order valence-corrected chi connectivity index (χ2v) is 8.93. The predicted octanol–water partition coefficient (Wildman–Crippen LogP) is -0.256. The summed E-state index contributed by atoms with van der Waals surface area (Å²) in [6.45, 7) is 4.98. The topological polar surface area (TPSA) is 103 Å². The molecule has 1 aromatic carbocycles. The second kappa shape index (κ2) is 8.62. The fourth-order valence-electron chi connectivity index (χ4n) is 3.26. The molecule has 0 radical (unpaired) electrons. The maximum absolute atomic E-state index is 13.1. The van der Waals surface area contributed by atoms with E-state index in [-0.39, 0.29) is 0 Å². The third-order valence-electron chi connectivity index (χ3n) is 5.03. The Morgan fingerprint density at radius 1 is 1.10 bits per heavy atom. The molecule has 1 aromatic heterocycles. The lowest BCUT2D eigenvalue weighted by atomic mass is 10.1. The number of benzene rings is 1. The molecule has 158 valence electrons. The summed E-state index contributed by atoms with van der Waals surface area (Å²) in [5.74, 6) is 0. The second-order valence-electron chi connectivity index (χ2n) is 7.25. The monoisotopic (exact) mass is 422 g/mol. The minimum absolute atomic E-state index is 0.442. The Morgan fingerprint density at radius 2 is 1.72 bits per heavy atom. The van der Waals surface area contributed by atoms with Crippen LogP contribution in [0.4, 0.5) is 0 Å². The van der Waals surface area contributed by atoms with Crippen LogP contribution in [0.2, 0.25) is 0 Å². The van der Waals surface area contributed by atoms with Crippen LogP contribution in [-0.4, -0.2) is 55.3 Å². The van der Waals surface area contributed by atoms with E-state index in [2.05, 4.69) is 9.62 Å². The van der Waals surface area contributed by atoms with Crippen molar-refractivity contribution in [2.24, 2.45) is 14.1 Å². The maximum Gasteiger partial charge on any atom is 0.330 e. The minimum Gasteiger partial charge on any atom is -0.379 e. The summed E-state index contributed by atoms with van der Waals surface area (Å²) < 4.78 is 36.1. The largest absolute Gasteiger partial charge is 0.379 e. The van der Waals surface area contributed by atoms with Crippen LogP contribution in [0, 0.1) is 6.92 Å². The number of hydrogen-bond donors (Lipinski definition) is 1. The van der Waals surface area contributed by atoms with Gasteiger partial charge in [0.2, 0.25) is 10.0 Å². The van der Waals surface area contributed by atoms with Gasteiger partial charge >= 0.3 is 5.69 Å². The molecule has 2 aromatic rings. The molecule has 0 spiro atoms. The lowest BCUT2D eigenvalue weighted by Gasteiger charge is -2.31. The summed E-state index contributed by atoms with van der Waals surface area (Å²) in [5.41, 5.74) is 0.424. The van der Waals surface area contributed by atoms with Gasteiger partial charge in [-0.3, -0.25) is 14.3 Å². The quantitative estimate of drug-likeness (QED) is 0.688. The first-order valence-corrected chi connectivity index (χ1v) is 10.8. The van der Waals surface area contributed by atoms with Crippen molar-refractivity contribution in [3.63, 3.8) is 0 Å². The molecule has 1 N–H and O–H groups in total. The number of nitrogens with zero attached hydrogens (tertiary/aromatic N) is 3. The highest BCUT2D eigenvalue weighted by Crippen LogP contribution is 2.19. The van der Waals surface area contributed by atoms with E-state index in [9.17, 15) is 18.0 Å². The van der Waals surface area contributed by atoms with Crippen molar-refractivity contribution in [1.29, 1.82) is 0 Å². The molecular weight excluding hydrogens is 396 g/mol. The van der Waals surface area contributed by atoms with Crippen LogP contribution in [0.15, 0.2) is 44.9 Å². The zero-order valence-electron chi connectivity index (χ0n) is 16.8. The molecule has 1 saturated heterocycles. The van der Waals surface area contributed by atoms with Gasteiger partial charge in [-0.05, 0) is 12.5 Å². The van der Waals surface area contributed by atoms with Gasteiger partial charge in [0.1, 0.15) is 0 Å². The molecule has 1 atom stereocenters. The van der Waals surface area contributed by atoms with Crippen molar-refractivity contribution < 1.29 is 13.2 Å². The number of morpholine rings is 1. The Labute approximate surface area is 169 Å². The Bertz CT molecular complexity index is 1080. The van der Waals surface area contributed by atoms with Gasteiger partial charge in [0.15, 0.2) is 4.90 Å². The molecule has 10 heteroatoms. The SMILES string of the molecule is Cc1ccc(C(CN2CCOCC2)NS(=O)(=O)c2cn(C)c(=O)n(C)c2=O)cc1. The van der Waals surface area contributed by atoms with Gasteiger partial charge in [-0.25, -0.2) is 17.9 Å². The molecule has 2 heterocycles. The van der Waals surface area contributed by atoms with Crippen molar-refractivity contribution in [3.05, 3.63) is 62.4 Å². The Kier molecular flexibility index (Phi) is 6.37. The number of sulfonamides is 1. The standard InChI is InChI=1S/C19H26N4O5S/c1-14-4-6-15(7-5-14)16(12-23-8-10-28-11-9-23)20-29(26,27)17-13-21(2)19(25)22(3)18(17)24/h4-7,13,16,20H,8-12H2,1-3H3. The van der Waals surface area contributed by atoms with Crippen LogP contribution in [0.5, 0.6) is 0 Å². The van der Waals surface area contributed by atoms with E-state index in [0.29, 0.717) is 32.8 Å². The first-order valence-electron chi connectivity index (χ1n) is 9.34. The summed E-state index contributed by atoms with van der Waals surface area (Å²) in [5, 5.41) is 0. The van der Waals surface area contributed by atoms with Crippen LogP contribution in [0.25, 0.3) is 0 Å². The first-order chi connectivity index (χ1) is 13.7. The highest BCUT2D eigenvalue weighted by Gasteiger charge is 2.27. The van der Waals surface area contributed by atoms with Crippen molar-refractivity contribution in [2.75, 3.05) is 32.8 Å². The number of nitrogens with one attached hydrogen (secondary N) is 1. The molecule has 1 aliphatic heterocycles. The zero-order chi connectivity index (χ0) is 21.2. The van der Waals surface area contributed by atoms with Crippen LogP contribution in [-0.2, 0) is 28.9 Å². The van der Waals surface area contributed by atoms with Gasteiger partial charge in [0.25, 0.3) is 5.56 Å². The van der Waals surface area contributed by atoms with E-state index in [1.54, 1.807) is 0 Å². The Balaban J connectivity index is 1.97. The van der Waals surface area contributed by atoms with Gasteiger partial charge in [0, 0.05) is 39.9 Å². The number of aromatic nitrogens is 2. The molecular formula is C19H26N4O5S. The van der Waals surface area contributed by atoms with Crippen molar-refractivity contribution in [3.8, 4) is 0 Å². The maximum atomic E-state index is 13.1. The molecule has 3 rings (SSSR count). The molecule has 1 unspecified atom stereocenters. The molecule has 0 aliphatic carbocycles. The van der Waals surface area contributed by atoms with Crippen molar-refractivity contribution >= 4 is 10.0 Å². The van der Waals surface area contributed by atoms with Crippen LogP contribution in [0.3, 0.4) is 0 Å². The molecule has 1 aliphatic rings. The fourth-order valence-corrected chi connectivity index (χ4v) is 4.64. The molecule has 0 amide bonds. The predicted molar refractivity (Wildman–Crippen MR) is 108 cm³/mol. The highest BCUT2D eigenvalue weighted by molar-refractivity contribution is 7.89. The van der Waals surface area contributed by atoms with Gasteiger partial charge < -0.3 is 9.30 Å². The van der Waals surface area contributed by atoms with E-state index >= 15 is 0 Å². The molecule has 29 heavy (non-hydrogen) atoms. The zero-order valence-corrected chi connectivity index (χ0v) is 17.6. The molecule has 9 nitrogen and oxygen atoms in total. The third-order valence-corrected chi connectivity index (χ3v) is 6.48. The third kappa shape index (κ3) is 4.84. The smallest absolute Gasteiger partial charge is 0.330 e.